The minimum absolute atomic E-state index is 0.164. The van der Waals surface area contributed by atoms with Crippen LogP contribution >= 0.6 is 0 Å². The third-order valence-corrected chi connectivity index (χ3v) is 4.83. The van der Waals surface area contributed by atoms with Crippen molar-refractivity contribution in [2.45, 2.75) is 39.7 Å². The Kier molecular flexibility index (Phi) is 5.42. The Labute approximate surface area is 150 Å². The standard InChI is InChI=1S/C22H27NO2/c1-4-25-20-11-9-19(10-12-20)18-7-5-17(6-8-18)14-16(3)23-22(24)21-13-15(21)2/h5-12,15-16,21H,4,13-14H2,1-3H3,(H,23,24). The third kappa shape index (κ3) is 4.62. The second kappa shape index (κ2) is 7.73. The normalized spacial score (nSPS) is 20.0. The summed E-state index contributed by atoms with van der Waals surface area (Å²) in [6.45, 7) is 6.88. The molecule has 3 unspecified atom stereocenters. The van der Waals surface area contributed by atoms with Crippen molar-refractivity contribution < 1.29 is 9.53 Å². The molecular formula is C22H27NO2. The first kappa shape index (κ1) is 17.5. The molecule has 1 N–H and O–H groups in total. The largest absolute Gasteiger partial charge is 0.494 e. The van der Waals surface area contributed by atoms with Crippen LogP contribution in [0.25, 0.3) is 11.1 Å². The van der Waals surface area contributed by atoms with Gasteiger partial charge in [-0.3, -0.25) is 4.79 Å². The zero-order chi connectivity index (χ0) is 17.8. The molecule has 3 rings (SSSR count). The van der Waals surface area contributed by atoms with Gasteiger partial charge in [0, 0.05) is 12.0 Å². The smallest absolute Gasteiger partial charge is 0.223 e. The molecular weight excluding hydrogens is 310 g/mol. The van der Waals surface area contributed by atoms with Crippen LogP contribution < -0.4 is 10.1 Å². The Hall–Kier alpha value is -2.29. The molecule has 3 heteroatoms. The highest BCUT2D eigenvalue weighted by atomic mass is 16.5. The van der Waals surface area contributed by atoms with E-state index in [4.69, 9.17) is 4.74 Å². The lowest BCUT2D eigenvalue weighted by Gasteiger charge is -2.14. The molecule has 0 aromatic heterocycles. The molecule has 1 amide bonds. The van der Waals surface area contributed by atoms with Gasteiger partial charge in [-0.1, -0.05) is 43.3 Å². The van der Waals surface area contributed by atoms with Gasteiger partial charge in [0.1, 0.15) is 5.75 Å². The van der Waals surface area contributed by atoms with Crippen LogP contribution in [0, 0.1) is 11.8 Å². The van der Waals surface area contributed by atoms with E-state index in [1.54, 1.807) is 0 Å². The molecule has 0 aliphatic heterocycles. The molecule has 1 aliphatic carbocycles. The van der Waals surface area contributed by atoms with Crippen molar-refractivity contribution in [2.24, 2.45) is 11.8 Å². The lowest BCUT2D eigenvalue weighted by molar-refractivity contribution is -0.123. The maximum absolute atomic E-state index is 12.0. The summed E-state index contributed by atoms with van der Waals surface area (Å²) in [7, 11) is 0. The van der Waals surface area contributed by atoms with Gasteiger partial charge < -0.3 is 10.1 Å². The van der Waals surface area contributed by atoms with Crippen molar-refractivity contribution in [3.63, 3.8) is 0 Å². The van der Waals surface area contributed by atoms with Crippen molar-refractivity contribution in [3.05, 3.63) is 54.1 Å². The fourth-order valence-electron chi connectivity index (χ4n) is 3.19. The molecule has 0 bridgehead atoms. The Morgan fingerprint density at radius 2 is 1.68 bits per heavy atom. The topological polar surface area (TPSA) is 38.3 Å². The minimum Gasteiger partial charge on any atom is -0.494 e. The average Bonchev–Trinajstić information content (AvgIpc) is 3.34. The number of carbonyl (C=O) groups is 1. The summed E-state index contributed by atoms with van der Waals surface area (Å²) in [5.41, 5.74) is 3.61. The average molecular weight is 337 g/mol. The summed E-state index contributed by atoms with van der Waals surface area (Å²) in [6, 6.07) is 16.9. The number of nitrogens with one attached hydrogen (secondary N) is 1. The summed E-state index contributed by atoms with van der Waals surface area (Å²) >= 11 is 0. The minimum atomic E-state index is 0.164. The summed E-state index contributed by atoms with van der Waals surface area (Å²) in [4.78, 5) is 12.0. The fourth-order valence-corrected chi connectivity index (χ4v) is 3.19. The van der Waals surface area contributed by atoms with E-state index in [2.05, 4.69) is 55.6 Å². The van der Waals surface area contributed by atoms with Gasteiger partial charge in [-0.2, -0.15) is 0 Å². The Balaban J connectivity index is 1.57. The molecule has 132 valence electrons. The molecule has 0 heterocycles. The van der Waals surface area contributed by atoms with E-state index in [1.807, 2.05) is 19.1 Å². The summed E-state index contributed by atoms with van der Waals surface area (Å²) in [6.07, 6.45) is 1.89. The van der Waals surface area contributed by atoms with E-state index in [-0.39, 0.29) is 17.9 Å². The predicted octanol–water partition coefficient (Wildman–Crippen LogP) is 4.46. The maximum Gasteiger partial charge on any atom is 0.223 e. The second-order valence-corrected chi connectivity index (χ2v) is 7.09. The number of amides is 1. The SMILES string of the molecule is CCOc1ccc(-c2ccc(CC(C)NC(=O)C3CC3C)cc2)cc1. The van der Waals surface area contributed by atoms with Gasteiger partial charge in [0.15, 0.2) is 0 Å². The van der Waals surface area contributed by atoms with E-state index in [0.717, 1.165) is 18.6 Å². The van der Waals surface area contributed by atoms with Crippen LogP contribution in [-0.4, -0.2) is 18.6 Å². The molecule has 1 saturated carbocycles. The van der Waals surface area contributed by atoms with Gasteiger partial charge in [0.2, 0.25) is 5.91 Å². The summed E-state index contributed by atoms with van der Waals surface area (Å²) in [5.74, 6) is 1.91. The molecule has 1 fully saturated rings. The second-order valence-electron chi connectivity index (χ2n) is 7.09. The monoisotopic (exact) mass is 337 g/mol. The first-order valence-electron chi connectivity index (χ1n) is 9.19. The van der Waals surface area contributed by atoms with Crippen LogP contribution in [0.1, 0.15) is 32.8 Å². The van der Waals surface area contributed by atoms with Gasteiger partial charge in [-0.15, -0.1) is 0 Å². The lowest BCUT2D eigenvalue weighted by Crippen LogP contribution is -2.35. The number of carbonyl (C=O) groups excluding carboxylic acids is 1. The highest BCUT2D eigenvalue weighted by molar-refractivity contribution is 5.81. The third-order valence-electron chi connectivity index (χ3n) is 4.83. The summed E-state index contributed by atoms with van der Waals surface area (Å²) in [5, 5.41) is 3.13. The van der Waals surface area contributed by atoms with Crippen molar-refractivity contribution in [2.75, 3.05) is 6.61 Å². The number of ether oxygens (including phenoxy) is 1. The number of rotatable bonds is 7. The van der Waals surface area contributed by atoms with Crippen molar-refractivity contribution in [1.82, 2.24) is 5.32 Å². The maximum atomic E-state index is 12.0. The van der Waals surface area contributed by atoms with Crippen LogP contribution in [0.4, 0.5) is 0 Å². The van der Waals surface area contributed by atoms with Gasteiger partial charge in [-0.25, -0.2) is 0 Å². The highest BCUT2D eigenvalue weighted by Crippen LogP contribution is 2.37. The van der Waals surface area contributed by atoms with Crippen LogP contribution in [0.3, 0.4) is 0 Å². The van der Waals surface area contributed by atoms with Gasteiger partial charge >= 0.3 is 0 Å². The zero-order valence-corrected chi connectivity index (χ0v) is 15.3. The zero-order valence-electron chi connectivity index (χ0n) is 15.3. The predicted molar refractivity (Wildman–Crippen MR) is 102 cm³/mol. The van der Waals surface area contributed by atoms with Crippen LogP contribution in [0.5, 0.6) is 5.75 Å². The van der Waals surface area contributed by atoms with Crippen molar-refractivity contribution in [1.29, 1.82) is 0 Å². The molecule has 3 nitrogen and oxygen atoms in total. The molecule has 1 aliphatic rings. The summed E-state index contributed by atoms with van der Waals surface area (Å²) < 4.78 is 5.48. The first-order valence-corrected chi connectivity index (χ1v) is 9.19. The molecule has 25 heavy (non-hydrogen) atoms. The van der Waals surface area contributed by atoms with Crippen molar-refractivity contribution in [3.8, 4) is 16.9 Å². The molecule has 2 aromatic rings. The Bertz CT molecular complexity index is 706. The number of hydrogen-bond acceptors (Lipinski definition) is 2. The lowest BCUT2D eigenvalue weighted by atomic mass is 10.0. The first-order chi connectivity index (χ1) is 12.1. The molecule has 2 aromatic carbocycles. The highest BCUT2D eigenvalue weighted by Gasteiger charge is 2.39. The van der Waals surface area contributed by atoms with Gasteiger partial charge in [-0.05, 0) is 61.4 Å². The van der Waals surface area contributed by atoms with E-state index < -0.39 is 0 Å². The Morgan fingerprint density at radius 3 is 2.20 bits per heavy atom. The van der Waals surface area contributed by atoms with E-state index in [0.29, 0.717) is 12.5 Å². The van der Waals surface area contributed by atoms with Crippen molar-refractivity contribution >= 4 is 5.91 Å². The van der Waals surface area contributed by atoms with E-state index in [1.165, 1.54) is 16.7 Å². The molecule has 0 radical (unpaired) electrons. The van der Waals surface area contributed by atoms with Gasteiger partial charge in [0.25, 0.3) is 0 Å². The van der Waals surface area contributed by atoms with E-state index >= 15 is 0 Å². The quantitative estimate of drug-likeness (QED) is 0.810. The number of benzene rings is 2. The Morgan fingerprint density at radius 1 is 1.12 bits per heavy atom. The number of hydrogen-bond donors (Lipinski definition) is 1. The molecule has 3 atom stereocenters. The van der Waals surface area contributed by atoms with Gasteiger partial charge in [0.05, 0.1) is 6.61 Å². The van der Waals surface area contributed by atoms with Crippen LogP contribution in [0.15, 0.2) is 48.5 Å². The van der Waals surface area contributed by atoms with E-state index in [9.17, 15) is 4.79 Å². The molecule has 0 saturated heterocycles. The van der Waals surface area contributed by atoms with Crippen LogP contribution in [-0.2, 0) is 11.2 Å². The molecule has 0 spiro atoms. The van der Waals surface area contributed by atoms with Crippen LogP contribution in [0.2, 0.25) is 0 Å². The fraction of sp³-hybridized carbons (Fsp3) is 0.409.